The van der Waals surface area contributed by atoms with Crippen LogP contribution in [0.25, 0.3) is 22.3 Å². The zero-order chi connectivity index (χ0) is 24.3. The van der Waals surface area contributed by atoms with Crippen molar-refractivity contribution in [3.63, 3.8) is 0 Å². The van der Waals surface area contributed by atoms with Gasteiger partial charge in [0.05, 0.1) is 0 Å². The lowest BCUT2D eigenvalue weighted by molar-refractivity contribution is 0.288. The van der Waals surface area contributed by atoms with Crippen LogP contribution >= 0.6 is 0 Å². The summed E-state index contributed by atoms with van der Waals surface area (Å²) in [4.78, 5) is 0. The van der Waals surface area contributed by atoms with Gasteiger partial charge in [-0.1, -0.05) is 114 Å². The molecule has 1 heteroatoms. The van der Waals surface area contributed by atoms with Crippen molar-refractivity contribution in [1.29, 1.82) is 0 Å². The molecule has 34 heavy (non-hydrogen) atoms. The first-order valence-electron chi connectivity index (χ1n) is 13.6. The maximum Gasteiger partial charge on any atom is 0.0434 e. The highest BCUT2D eigenvalue weighted by Crippen LogP contribution is 2.32. The first-order valence-corrected chi connectivity index (χ1v) is 13.6. The van der Waals surface area contributed by atoms with E-state index in [1.54, 1.807) is 0 Å². The average Bonchev–Trinajstić information content (AvgIpc) is 2.89. The second kappa shape index (κ2) is 13.5. The molecule has 182 valence electrons. The molecule has 0 saturated carbocycles. The molecule has 1 nitrogen and oxygen atoms in total. The van der Waals surface area contributed by atoms with E-state index in [2.05, 4.69) is 88.4 Å². The van der Waals surface area contributed by atoms with Gasteiger partial charge < -0.3 is 5.11 Å². The third-order valence-electron chi connectivity index (χ3n) is 7.30. The van der Waals surface area contributed by atoms with Crippen LogP contribution in [0.5, 0.6) is 0 Å². The number of aliphatic hydroxyl groups is 1. The Morgan fingerprint density at radius 3 is 1.94 bits per heavy atom. The van der Waals surface area contributed by atoms with Crippen molar-refractivity contribution in [2.45, 2.75) is 85.5 Å². The van der Waals surface area contributed by atoms with Gasteiger partial charge in [-0.2, -0.15) is 0 Å². The SMILES string of the molecule is CCCCC(CC)Cc1ccc(-c2ccc(-c3ccc(CCCO)cc3CC)cc2CC)cc1. The lowest BCUT2D eigenvalue weighted by Gasteiger charge is -2.16. The molecule has 0 aliphatic carbocycles. The fraction of sp³-hybridized carbons (Fsp3) is 0.455. The van der Waals surface area contributed by atoms with Crippen molar-refractivity contribution in [2.75, 3.05) is 6.61 Å². The van der Waals surface area contributed by atoms with Crippen LogP contribution in [0.1, 0.15) is 82.1 Å². The van der Waals surface area contributed by atoms with Gasteiger partial charge in [-0.25, -0.2) is 0 Å². The van der Waals surface area contributed by atoms with E-state index in [0.717, 1.165) is 31.6 Å². The van der Waals surface area contributed by atoms with Crippen LogP contribution in [0.15, 0.2) is 60.7 Å². The Labute approximate surface area is 208 Å². The first kappa shape index (κ1) is 26.2. The summed E-state index contributed by atoms with van der Waals surface area (Å²) in [5.74, 6) is 0.805. The van der Waals surface area contributed by atoms with Crippen LogP contribution in [0.2, 0.25) is 0 Å². The van der Waals surface area contributed by atoms with Crippen LogP contribution in [-0.4, -0.2) is 11.7 Å². The maximum atomic E-state index is 9.16. The molecule has 0 aliphatic heterocycles. The fourth-order valence-corrected chi connectivity index (χ4v) is 5.09. The molecule has 0 heterocycles. The molecule has 0 aliphatic rings. The summed E-state index contributed by atoms with van der Waals surface area (Å²) in [5, 5.41) is 9.16. The topological polar surface area (TPSA) is 20.2 Å². The summed E-state index contributed by atoms with van der Waals surface area (Å²) >= 11 is 0. The van der Waals surface area contributed by atoms with Crippen LogP contribution in [0, 0.1) is 5.92 Å². The molecule has 0 amide bonds. The standard InChI is InChI=1S/C33H44O/c1-5-9-11-25(6-2)22-27-13-16-30(17-14-27)32-20-18-31(24-29(32)8-4)33-19-15-26(12-10-21-34)23-28(33)7-3/h13-20,23-25,34H,5-12,21-22H2,1-4H3. The molecule has 1 N–H and O–H groups in total. The van der Waals surface area contributed by atoms with Gasteiger partial charge in [0, 0.05) is 6.61 Å². The van der Waals surface area contributed by atoms with Gasteiger partial charge in [-0.3, -0.25) is 0 Å². The van der Waals surface area contributed by atoms with Gasteiger partial charge in [0.15, 0.2) is 0 Å². The summed E-state index contributed by atoms with van der Waals surface area (Å²) in [6, 6.07) is 23.2. The largest absolute Gasteiger partial charge is 0.396 e. The van der Waals surface area contributed by atoms with E-state index in [4.69, 9.17) is 5.11 Å². The zero-order valence-corrected chi connectivity index (χ0v) is 21.9. The molecule has 3 rings (SSSR count). The van der Waals surface area contributed by atoms with Gasteiger partial charge >= 0.3 is 0 Å². The molecular formula is C33H44O. The van der Waals surface area contributed by atoms with Crippen LogP contribution in [0.4, 0.5) is 0 Å². The van der Waals surface area contributed by atoms with Crippen molar-refractivity contribution < 1.29 is 5.11 Å². The van der Waals surface area contributed by atoms with Gasteiger partial charge in [-0.15, -0.1) is 0 Å². The molecule has 1 atom stereocenters. The predicted molar refractivity (Wildman–Crippen MR) is 148 cm³/mol. The number of hydrogen-bond donors (Lipinski definition) is 1. The second-order valence-corrected chi connectivity index (χ2v) is 9.72. The van der Waals surface area contributed by atoms with Crippen LogP contribution in [-0.2, 0) is 25.7 Å². The average molecular weight is 457 g/mol. The van der Waals surface area contributed by atoms with Crippen LogP contribution < -0.4 is 0 Å². The Bertz CT molecular complexity index is 1020. The second-order valence-electron chi connectivity index (χ2n) is 9.72. The summed E-state index contributed by atoms with van der Waals surface area (Å²) in [6.07, 6.45) is 10.3. The molecule has 0 radical (unpaired) electrons. The number of unbranched alkanes of at least 4 members (excludes halogenated alkanes) is 1. The van der Waals surface area contributed by atoms with E-state index < -0.39 is 0 Å². The van der Waals surface area contributed by atoms with Gasteiger partial charge in [0.2, 0.25) is 0 Å². The van der Waals surface area contributed by atoms with Crippen molar-refractivity contribution in [3.8, 4) is 22.3 Å². The van der Waals surface area contributed by atoms with Crippen molar-refractivity contribution >= 4 is 0 Å². The third-order valence-corrected chi connectivity index (χ3v) is 7.30. The van der Waals surface area contributed by atoms with E-state index in [1.807, 2.05) is 0 Å². The summed E-state index contributed by atoms with van der Waals surface area (Å²) in [6.45, 7) is 9.36. The van der Waals surface area contributed by atoms with E-state index in [1.165, 1.54) is 76.6 Å². The molecule has 0 spiro atoms. The van der Waals surface area contributed by atoms with Gasteiger partial charge in [-0.05, 0) is 82.5 Å². The lowest BCUT2D eigenvalue weighted by atomic mass is 9.89. The predicted octanol–water partition coefficient (Wildman–Crippen LogP) is 8.83. The Morgan fingerprint density at radius 1 is 0.676 bits per heavy atom. The van der Waals surface area contributed by atoms with E-state index >= 15 is 0 Å². The lowest BCUT2D eigenvalue weighted by Crippen LogP contribution is -2.03. The molecule has 0 aromatic heterocycles. The van der Waals surface area contributed by atoms with Crippen molar-refractivity contribution in [3.05, 3.63) is 82.9 Å². The first-order chi connectivity index (χ1) is 16.6. The smallest absolute Gasteiger partial charge is 0.0434 e. The summed E-state index contributed by atoms with van der Waals surface area (Å²) < 4.78 is 0. The van der Waals surface area contributed by atoms with E-state index in [-0.39, 0.29) is 6.61 Å². The fourth-order valence-electron chi connectivity index (χ4n) is 5.09. The molecule has 0 saturated heterocycles. The Hall–Kier alpha value is -2.38. The van der Waals surface area contributed by atoms with E-state index in [0.29, 0.717) is 0 Å². The molecule has 1 unspecified atom stereocenters. The molecule has 3 aromatic carbocycles. The zero-order valence-electron chi connectivity index (χ0n) is 21.9. The molecule has 0 bridgehead atoms. The molecular weight excluding hydrogens is 412 g/mol. The Balaban J connectivity index is 1.83. The Morgan fingerprint density at radius 2 is 1.29 bits per heavy atom. The highest BCUT2D eigenvalue weighted by atomic mass is 16.2. The van der Waals surface area contributed by atoms with Crippen molar-refractivity contribution in [1.82, 2.24) is 0 Å². The van der Waals surface area contributed by atoms with E-state index in [9.17, 15) is 0 Å². The summed E-state index contributed by atoms with van der Waals surface area (Å²) in [5.41, 5.74) is 10.9. The van der Waals surface area contributed by atoms with Gasteiger partial charge in [0.25, 0.3) is 0 Å². The maximum absolute atomic E-state index is 9.16. The highest BCUT2D eigenvalue weighted by Gasteiger charge is 2.11. The Kier molecular flexibility index (Phi) is 10.4. The highest BCUT2D eigenvalue weighted by molar-refractivity contribution is 5.75. The minimum absolute atomic E-state index is 0.254. The number of benzene rings is 3. The number of hydrogen-bond acceptors (Lipinski definition) is 1. The quantitative estimate of drug-likeness (QED) is 0.272. The number of rotatable bonds is 13. The molecule has 3 aromatic rings. The normalized spacial score (nSPS) is 12.1. The van der Waals surface area contributed by atoms with Gasteiger partial charge in [0.1, 0.15) is 0 Å². The van der Waals surface area contributed by atoms with Crippen molar-refractivity contribution in [2.24, 2.45) is 5.92 Å². The minimum Gasteiger partial charge on any atom is -0.396 e. The number of aryl methyl sites for hydroxylation is 3. The molecule has 0 fully saturated rings. The van der Waals surface area contributed by atoms with Crippen LogP contribution in [0.3, 0.4) is 0 Å². The summed E-state index contributed by atoms with van der Waals surface area (Å²) in [7, 11) is 0. The number of aliphatic hydroxyl groups excluding tert-OH is 1. The third kappa shape index (κ3) is 6.83. The monoisotopic (exact) mass is 456 g/mol. The minimum atomic E-state index is 0.254.